The summed E-state index contributed by atoms with van der Waals surface area (Å²) in [5.74, 6) is -0.245. The van der Waals surface area contributed by atoms with Gasteiger partial charge in [0.05, 0.1) is 0 Å². The Morgan fingerprint density at radius 3 is 2.39 bits per heavy atom. The molecule has 1 unspecified atom stereocenters. The van der Waals surface area contributed by atoms with Gasteiger partial charge in [-0.2, -0.15) is 5.10 Å². The Morgan fingerprint density at radius 1 is 1.44 bits per heavy atom. The first-order chi connectivity index (χ1) is 8.01. The van der Waals surface area contributed by atoms with Crippen LogP contribution in [0.2, 0.25) is 0 Å². The zero-order valence-electron chi connectivity index (χ0n) is 11.2. The number of rotatable bonds is 3. The number of anilines is 1. The van der Waals surface area contributed by atoms with Crippen molar-refractivity contribution in [3.8, 4) is 0 Å². The van der Waals surface area contributed by atoms with Crippen molar-refractivity contribution in [2.75, 3.05) is 11.6 Å². The highest BCUT2D eigenvalue weighted by molar-refractivity contribution is 7.92. The Bertz CT molecular complexity index is 540. The first-order valence-corrected chi connectivity index (χ1v) is 7.53. The molecule has 0 fully saturated rings. The van der Waals surface area contributed by atoms with Crippen LogP contribution in [-0.2, 0) is 20.0 Å². The second-order valence-electron chi connectivity index (χ2n) is 5.38. The molecular weight excluding hydrogens is 254 g/mol. The number of carbonyl (C=O) groups is 1. The Labute approximate surface area is 107 Å². The summed E-state index contributed by atoms with van der Waals surface area (Å²) in [6.45, 7) is 7.36. The van der Waals surface area contributed by atoms with Crippen LogP contribution < -0.4 is 5.32 Å². The standard InChI is InChI=1S/C11H19N3O3S/c1-7(18(5,16)17)10(15)12-9-6-8(13-14-9)11(2,3)4/h6-7H,1-5H3,(H2,12,13,14,15). The molecule has 7 heteroatoms. The van der Waals surface area contributed by atoms with Crippen molar-refractivity contribution in [1.82, 2.24) is 10.2 Å². The largest absolute Gasteiger partial charge is 0.308 e. The number of H-pyrrole nitrogens is 1. The molecule has 0 saturated carbocycles. The molecule has 1 aromatic rings. The van der Waals surface area contributed by atoms with Crippen LogP contribution in [0.3, 0.4) is 0 Å². The highest BCUT2D eigenvalue weighted by Crippen LogP contribution is 2.22. The minimum atomic E-state index is -3.39. The van der Waals surface area contributed by atoms with E-state index in [2.05, 4.69) is 15.5 Å². The van der Waals surface area contributed by atoms with E-state index in [9.17, 15) is 13.2 Å². The summed E-state index contributed by atoms with van der Waals surface area (Å²) in [7, 11) is -3.39. The number of nitrogens with one attached hydrogen (secondary N) is 2. The molecule has 2 N–H and O–H groups in total. The highest BCUT2D eigenvalue weighted by atomic mass is 32.2. The molecule has 0 radical (unpaired) electrons. The van der Waals surface area contributed by atoms with E-state index in [1.165, 1.54) is 6.92 Å². The third kappa shape index (κ3) is 3.56. The van der Waals surface area contributed by atoms with Crippen LogP contribution in [0.4, 0.5) is 5.82 Å². The number of hydrogen-bond donors (Lipinski definition) is 2. The van der Waals surface area contributed by atoms with Gasteiger partial charge < -0.3 is 5.32 Å². The maximum atomic E-state index is 11.7. The van der Waals surface area contributed by atoms with Gasteiger partial charge in [-0.1, -0.05) is 20.8 Å². The van der Waals surface area contributed by atoms with Gasteiger partial charge in [0, 0.05) is 23.4 Å². The quantitative estimate of drug-likeness (QED) is 0.862. The molecule has 1 aromatic heterocycles. The number of nitrogens with zero attached hydrogens (tertiary/aromatic N) is 1. The Kier molecular flexibility index (Phi) is 3.85. The normalized spacial score (nSPS) is 14.3. The van der Waals surface area contributed by atoms with E-state index in [0.717, 1.165) is 11.9 Å². The van der Waals surface area contributed by atoms with E-state index < -0.39 is 21.0 Å². The van der Waals surface area contributed by atoms with Crippen LogP contribution in [0.15, 0.2) is 6.07 Å². The maximum Gasteiger partial charge on any atom is 0.243 e. The van der Waals surface area contributed by atoms with Gasteiger partial charge >= 0.3 is 0 Å². The number of sulfone groups is 1. The average molecular weight is 273 g/mol. The maximum absolute atomic E-state index is 11.7. The van der Waals surface area contributed by atoms with Gasteiger partial charge in [-0.25, -0.2) is 8.42 Å². The van der Waals surface area contributed by atoms with Gasteiger partial charge in [-0.05, 0) is 6.92 Å². The molecule has 0 aliphatic rings. The molecule has 1 amide bonds. The molecular formula is C11H19N3O3S. The second kappa shape index (κ2) is 4.72. The fraction of sp³-hybridized carbons (Fsp3) is 0.636. The van der Waals surface area contributed by atoms with Crippen molar-refractivity contribution < 1.29 is 13.2 Å². The van der Waals surface area contributed by atoms with Crippen molar-refractivity contribution in [2.45, 2.75) is 38.4 Å². The van der Waals surface area contributed by atoms with E-state index >= 15 is 0 Å². The molecule has 0 aromatic carbocycles. The summed E-state index contributed by atoms with van der Waals surface area (Å²) in [5.41, 5.74) is 0.753. The van der Waals surface area contributed by atoms with Gasteiger partial charge in [0.15, 0.2) is 15.7 Å². The lowest BCUT2D eigenvalue weighted by atomic mass is 9.92. The molecule has 6 nitrogen and oxygen atoms in total. The second-order valence-corrected chi connectivity index (χ2v) is 7.74. The van der Waals surface area contributed by atoms with E-state index in [4.69, 9.17) is 0 Å². The molecule has 0 aliphatic carbocycles. The predicted molar refractivity (Wildman–Crippen MR) is 70.2 cm³/mol. The van der Waals surface area contributed by atoms with Crippen molar-refractivity contribution in [1.29, 1.82) is 0 Å². The van der Waals surface area contributed by atoms with Crippen LogP contribution in [0.25, 0.3) is 0 Å². The van der Waals surface area contributed by atoms with Crippen molar-refractivity contribution in [3.63, 3.8) is 0 Å². The molecule has 1 rings (SSSR count). The zero-order valence-corrected chi connectivity index (χ0v) is 12.1. The smallest absolute Gasteiger partial charge is 0.243 e. The van der Waals surface area contributed by atoms with Crippen molar-refractivity contribution in [3.05, 3.63) is 11.8 Å². The van der Waals surface area contributed by atoms with Crippen LogP contribution in [0.5, 0.6) is 0 Å². The van der Waals surface area contributed by atoms with Crippen LogP contribution in [0.1, 0.15) is 33.4 Å². The van der Waals surface area contributed by atoms with Crippen LogP contribution in [-0.4, -0.2) is 36.0 Å². The van der Waals surface area contributed by atoms with Gasteiger partial charge in [-0.3, -0.25) is 9.89 Å². The third-order valence-corrected chi connectivity index (χ3v) is 4.15. The van der Waals surface area contributed by atoms with Crippen molar-refractivity contribution >= 4 is 21.6 Å². The minimum absolute atomic E-state index is 0.113. The molecule has 1 heterocycles. The first-order valence-electron chi connectivity index (χ1n) is 5.57. The summed E-state index contributed by atoms with van der Waals surface area (Å²) in [6.07, 6.45) is 1.03. The van der Waals surface area contributed by atoms with Gasteiger partial charge in [-0.15, -0.1) is 0 Å². The molecule has 0 spiro atoms. The molecule has 0 bridgehead atoms. The summed E-state index contributed by atoms with van der Waals surface area (Å²) in [4.78, 5) is 11.7. The SMILES string of the molecule is CC(C(=O)Nc1cc(C(C)(C)C)[nH]n1)S(C)(=O)=O. The number of amides is 1. The molecule has 0 aliphatic heterocycles. The number of aromatic amines is 1. The predicted octanol–water partition coefficient (Wildman–Crippen LogP) is 1.08. The van der Waals surface area contributed by atoms with E-state index in [1.807, 2.05) is 20.8 Å². The third-order valence-electron chi connectivity index (χ3n) is 2.65. The number of hydrogen-bond acceptors (Lipinski definition) is 4. The number of aromatic nitrogens is 2. The first kappa shape index (κ1) is 14.7. The molecule has 102 valence electrons. The van der Waals surface area contributed by atoms with E-state index in [-0.39, 0.29) is 5.41 Å². The lowest BCUT2D eigenvalue weighted by Crippen LogP contribution is -2.31. The molecule has 1 atom stereocenters. The summed E-state index contributed by atoms with van der Waals surface area (Å²) in [5, 5.41) is 8.14. The molecule has 18 heavy (non-hydrogen) atoms. The fourth-order valence-corrected chi connectivity index (χ4v) is 1.64. The Morgan fingerprint density at radius 2 is 2.00 bits per heavy atom. The number of carbonyl (C=O) groups excluding carboxylic acids is 1. The van der Waals surface area contributed by atoms with Crippen LogP contribution in [0, 0.1) is 0 Å². The Hall–Kier alpha value is -1.37. The van der Waals surface area contributed by atoms with Crippen LogP contribution >= 0.6 is 0 Å². The fourth-order valence-electron chi connectivity index (χ4n) is 1.19. The summed E-state index contributed by atoms with van der Waals surface area (Å²) < 4.78 is 22.5. The Balaban J connectivity index is 2.81. The topological polar surface area (TPSA) is 91.9 Å². The van der Waals surface area contributed by atoms with E-state index in [0.29, 0.717) is 5.82 Å². The minimum Gasteiger partial charge on any atom is -0.308 e. The van der Waals surface area contributed by atoms with E-state index in [1.54, 1.807) is 6.07 Å². The van der Waals surface area contributed by atoms with Gasteiger partial charge in [0.2, 0.25) is 5.91 Å². The van der Waals surface area contributed by atoms with Crippen molar-refractivity contribution in [2.24, 2.45) is 0 Å². The average Bonchev–Trinajstić information content (AvgIpc) is 2.62. The zero-order chi connectivity index (χ0) is 14.1. The summed E-state index contributed by atoms with van der Waals surface area (Å²) >= 11 is 0. The van der Waals surface area contributed by atoms with Gasteiger partial charge in [0.25, 0.3) is 0 Å². The molecule has 0 saturated heterocycles. The van der Waals surface area contributed by atoms with Gasteiger partial charge in [0.1, 0.15) is 5.25 Å². The lowest BCUT2D eigenvalue weighted by Gasteiger charge is -2.14. The highest BCUT2D eigenvalue weighted by Gasteiger charge is 2.24. The summed E-state index contributed by atoms with van der Waals surface area (Å²) in [6, 6.07) is 1.70. The monoisotopic (exact) mass is 273 g/mol. The lowest BCUT2D eigenvalue weighted by molar-refractivity contribution is -0.115.